The van der Waals surface area contributed by atoms with Crippen LogP contribution in [0.1, 0.15) is 22.3 Å². The van der Waals surface area contributed by atoms with Gasteiger partial charge in [0.2, 0.25) is 0 Å². The molecule has 4 heteroatoms. The Labute approximate surface area is 130 Å². The summed E-state index contributed by atoms with van der Waals surface area (Å²) in [7, 11) is 0. The second-order valence-electron chi connectivity index (χ2n) is 5.82. The normalized spacial score (nSPS) is 10.9. The zero-order valence-electron chi connectivity index (χ0n) is 13.4. The van der Waals surface area contributed by atoms with E-state index in [2.05, 4.69) is 62.3 Å². The van der Waals surface area contributed by atoms with Crippen molar-refractivity contribution in [3.63, 3.8) is 0 Å². The molecule has 0 unspecified atom stereocenters. The summed E-state index contributed by atoms with van der Waals surface area (Å²) in [5.41, 5.74) is 13.8. The Morgan fingerprint density at radius 1 is 0.864 bits per heavy atom. The van der Waals surface area contributed by atoms with Crippen molar-refractivity contribution >= 4 is 5.82 Å². The minimum absolute atomic E-state index is 0.565. The molecule has 0 bridgehead atoms. The van der Waals surface area contributed by atoms with E-state index >= 15 is 0 Å². The molecule has 4 nitrogen and oxygen atoms in total. The van der Waals surface area contributed by atoms with Gasteiger partial charge >= 0.3 is 0 Å². The minimum atomic E-state index is 0.565. The van der Waals surface area contributed by atoms with E-state index in [9.17, 15) is 0 Å². The average Bonchev–Trinajstić information content (AvgIpc) is 2.84. The predicted octanol–water partition coefficient (Wildman–Crippen LogP) is 3.75. The molecule has 0 amide bonds. The van der Waals surface area contributed by atoms with Gasteiger partial charge in [-0.3, -0.25) is 0 Å². The quantitative estimate of drug-likeness (QED) is 0.782. The third-order valence-corrected chi connectivity index (χ3v) is 4.07. The monoisotopic (exact) mass is 292 g/mol. The number of anilines is 1. The Morgan fingerprint density at radius 3 is 2.32 bits per heavy atom. The molecule has 0 aliphatic rings. The van der Waals surface area contributed by atoms with Gasteiger partial charge in [0.25, 0.3) is 0 Å². The summed E-state index contributed by atoms with van der Waals surface area (Å²) in [6.45, 7) is 8.31. The zero-order chi connectivity index (χ0) is 15.9. The molecule has 22 heavy (non-hydrogen) atoms. The van der Waals surface area contributed by atoms with Crippen LogP contribution in [-0.4, -0.2) is 15.0 Å². The third-order valence-electron chi connectivity index (χ3n) is 4.07. The summed E-state index contributed by atoms with van der Waals surface area (Å²) in [5.74, 6) is 0.565. The highest BCUT2D eigenvalue weighted by molar-refractivity contribution is 5.72. The summed E-state index contributed by atoms with van der Waals surface area (Å²) in [5, 5.41) is 8.53. The fourth-order valence-electron chi connectivity index (χ4n) is 2.60. The van der Waals surface area contributed by atoms with E-state index < -0.39 is 0 Å². The number of nitrogens with two attached hydrogens (primary N) is 1. The lowest BCUT2D eigenvalue weighted by Gasteiger charge is -2.08. The number of aryl methyl sites for hydroxylation is 4. The Balaban J connectivity index is 2.10. The highest BCUT2D eigenvalue weighted by Crippen LogP contribution is 2.28. The fraction of sp³-hybridized carbons (Fsp3) is 0.222. The number of aromatic nitrogens is 3. The molecular weight excluding hydrogens is 272 g/mol. The molecular formula is C18H20N4. The molecule has 0 radical (unpaired) electrons. The topological polar surface area (TPSA) is 56.7 Å². The summed E-state index contributed by atoms with van der Waals surface area (Å²) in [6, 6.07) is 12.4. The Kier molecular flexibility index (Phi) is 3.45. The molecule has 0 spiro atoms. The number of hydrogen-bond acceptors (Lipinski definition) is 3. The lowest BCUT2D eigenvalue weighted by molar-refractivity contribution is 0.805. The molecule has 0 fully saturated rings. The number of rotatable bonds is 2. The van der Waals surface area contributed by atoms with Gasteiger partial charge in [-0.25, -0.2) is 0 Å². The van der Waals surface area contributed by atoms with E-state index in [-0.39, 0.29) is 0 Å². The van der Waals surface area contributed by atoms with Gasteiger partial charge in [0, 0.05) is 5.56 Å². The summed E-state index contributed by atoms with van der Waals surface area (Å²) >= 11 is 0. The van der Waals surface area contributed by atoms with Gasteiger partial charge in [0.1, 0.15) is 5.69 Å². The molecule has 0 saturated heterocycles. The van der Waals surface area contributed by atoms with E-state index in [4.69, 9.17) is 5.73 Å². The number of nitrogen functional groups attached to an aromatic ring is 1. The van der Waals surface area contributed by atoms with Gasteiger partial charge < -0.3 is 5.73 Å². The van der Waals surface area contributed by atoms with Crippen LogP contribution in [-0.2, 0) is 0 Å². The van der Waals surface area contributed by atoms with Crippen LogP contribution >= 0.6 is 0 Å². The summed E-state index contributed by atoms with van der Waals surface area (Å²) in [6.07, 6.45) is 0. The van der Waals surface area contributed by atoms with Crippen molar-refractivity contribution in [1.29, 1.82) is 0 Å². The Bertz CT molecular complexity index is 846. The molecule has 3 aromatic rings. The molecule has 1 aromatic heterocycles. The van der Waals surface area contributed by atoms with Crippen molar-refractivity contribution < 1.29 is 0 Å². The SMILES string of the molecule is Cc1ccc(-n2nnc(-c3ccc(C)c(C)c3)c2N)c(C)c1. The second kappa shape index (κ2) is 5.30. The van der Waals surface area contributed by atoms with Crippen molar-refractivity contribution in [2.24, 2.45) is 0 Å². The van der Waals surface area contributed by atoms with Crippen LogP contribution < -0.4 is 5.73 Å². The number of benzene rings is 2. The van der Waals surface area contributed by atoms with Crippen LogP contribution in [0, 0.1) is 27.7 Å². The minimum Gasteiger partial charge on any atom is -0.382 e. The first-order chi connectivity index (χ1) is 10.5. The maximum Gasteiger partial charge on any atom is 0.155 e. The average molecular weight is 292 g/mol. The lowest BCUT2D eigenvalue weighted by Crippen LogP contribution is -2.04. The highest BCUT2D eigenvalue weighted by Gasteiger charge is 2.14. The smallest absolute Gasteiger partial charge is 0.155 e. The van der Waals surface area contributed by atoms with E-state index in [1.165, 1.54) is 16.7 Å². The van der Waals surface area contributed by atoms with Crippen molar-refractivity contribution in [1.82, 2.24) is 15.0 Å². The molecule has 0 aliphatic heterocycles. The van der Waals surface area contributed by atoms with Gasteiger partial charge in [0.05, 0.1) is 5.69 Å². The van der Waals surface area contributed by atoms with Crippen LogP contribution in [0.5, 0.6) is 0 Å². The fourth-order valence-corrected chi connectivity index (χ4v) is 2.60. The third kappa shape index (κ3) is 2.37. The Morgan fingerprint density at radius 2 is 1.64 bits per heavy atom. The van der Waals surface area contributed by atoms with Crippen molar-refractivity contribution in [2.45, 2.75) is 27.7 Å². The van der Waals surface area contributed by atoms with Gasteiger partial charge in [-0.1, -0.05) is 35.0 Å². The maximum atomic E-state index is 6.30. The van der Waals surface area contributed by atoms with Crippen molar-refractivity contribution in [3.8, 4) is 16.9 Å². The first kappa shape index (κ1) is 14.3. The summed E-state index contributed by atoms with van der Waals surface area (Å²) in [4.78, 5) is 0. The Hall–Kier alpha value is -2.62. The second-order valence-corrected chi connectivity index (χ2v) is 5.82. The molecule has 0 saturated carbocycles. The maximum absolute atomic E-state index is 6.30. The molecule has 1 heterocycles. The molecule has 112 valence electrons. The van der Waals surface area contributed by atoms with Crippen molar-refractivity contribution in [2.75, 3.05) is 5.73 Å². The first-order valence-corrected chi connectivity index (χ1v) is 7.34. The molecule has 3 rings (SSSR count). The first-order valence-electron chi connectivity index (χ1n) is 7.34. The van der Waals surface area contributed by atoms with Gasteiger partial charge in [0.15, 0.2) is 5.82 Å². The van der Waals surface area contributed by atoms with Crippen LogP contribution in [0.2, 0.25) is 0 Å². The van der Waals surface area contributed by atoms with Gasteiger partial charge in [-0.05, 0) is 56.5 Å². The molecule has 2 N–H and O–H groups in total. The van der Waals surface area contributed by atoms with Crippen LogP contribution in [0.15, 0.2) is 36.4 Å². The summed E-state index contributed by atoms with van der Waals surface area (Å²) < 4.78 is 1.71. The van der Waals surface area contributed by atoms with Crippen LogP contribution in [0.25, 0.3) is 16.9 Å². The largest absolute Gasteiger partial charge is 0.382 e. The molecule has 0 atom stereocenters. The van der Waals surface area contributed by atoms with Crippen LogP contribution in [0.4, 0.5) is 5.82 Å². The van der Waals surface area contributed by atoms with Gasteiger partial charge in [-0.2, -0.15) is 4.68 Å². The standard InChI is InChI=1S/C18H20N4/c1-11-5-8-16(14(4)9-11)22-18(19)17(20-21-22)15-7-6-12(2)13(3)10-15/h5-10H,19H2,1-4H3. The number of hydrogen-bond donors (Lipinski definition) is 1. The van der Waals surface area contributed by atoms with E-state index in [1.807, 2.05) is 12.1 Å². The van der Waals surface area contributed by atoms with Crippen LogP contribution in [0.3, 0.4) is 0 Å². The van der Waals surface area contributed by atoms with E-state index in [1.54, 1.807) is 4.68 Å². The highest BCUT2D eigenvalue weighted by atomic mass is 15.5. The number of nitrogens with zero attached hydrogens (tertiary/aromatic N) is 3. The molecule has 0 aliphatic carbocycles. The lowest BCUT2D eigenvalue weighted by atomic mass is 10.0. The van der Waals surface area contributed by atoms with E-state index in [0.29, 0.717) is 5.82 Å². The van der Waals surface area contributed by atoms with Gasteiger partial charge in [-0.15, -0.1) is 5.10 Å². The van der Waals surface area contributed by atoms with E-state index in [0.717, 1.165) is 22.5 Å². The van der Waals surface area contributed by atoms with Crippen molar-refractivity contribution in [3.05, 3.63) is 58.7 Å². The zero-order valence-corrected chi connectivity index (χ0v) is 13.4. The predicted molar refractivity (Wildman–Crippen MR) is 90.2 cm³/mol. The molecule has 2 aromatic carbocycles.